The van der Waals surface area contributed by atoms with Crippen LogP contribution in [-0.2, 0) is 22.6 Å². The van der Waals surface area contributed by atoms with Gasteiger partial charge in [-0.3, -0.25) is 4.79 Å². The van der Waals surface area contributed by atoms with Crippen molar-refractivity contribution in [2.75, 3.05) is 6.54 Å². The summed E-state index contributed by atoms with van der Waals surface area (Å²) in [6.07, 6.45) is 0.458. The third-order valence-corrected chi connectivity index (χ3v) is 5.65. The van der Waals surface area contributed by atoms with Crippen LogP contribution in [-0.4, -0.2) is 39.6 Å². The number of para-hydroxylation sites is 1. The van der Waals surface area contributed by atoms with Gasteiger partial charge in [0.05, 0.1) is 11.2 Å². The Morgan fingerprint density at radius 1 is 1.06 bits per heavy atom. The summed E-state index contributed by atoms with van der Waals surface area (Å²) in [5.74, 6) is -1.43. The summed E-state index contributed by atoms with van der Waals surface area (Å²) in [5, 5.41) is 14.4. The fraction of sp³-hybridized carbons (Fsp3) is 0.269. The highest BCUT2D eigenvalue weighted by molar-refractivity contribution is 6.09. The number of carbonyl (C=O) groups excluding carboxylic acids is 1. The van der Waals surface area contributed by atoms with Crippen molar-refractivity contribution < 1.29 is 19.4 Å². The third-order valence-electron chi connectivity index (χ3n) is 5.65. The second kappa shape index (κ2) is 9.83. The van der Waals surface area contributed by atoms with E-state index in [1.807, 2.05) is 68.4 Å². The summed E-state index contributed by atoms with van der Waals surface area (Å²) in [6.45, 7) is 4.31. The summed E-state index contributed by atoms with van der Waals surface area (Å²) in [7, 11) is 0. The van der Waals surface area contributed by atoms with Crippen molar-refractivity contribution >= 4 is 33.7 Å². The standard InChI is InChI=1S/C26H27N3O4/c1-16(2)23(25(30)31)27-13-12-21-24-19(18-10-6-7-11-20(18)29-24)14-22(28-21)26(32)33-15-17-8-4-3-5-9-17/h3-11,14,16,23,27,29H,12-13,15H2,1-2H3,(H,30,31)/t23-/m1/s1. The molecule has 0 saturated heterocycles. The van der Waals surface area contributed by atoms with E-state index >= 15 is 0 Å². The Morgan fingerprint density at radius 3 is 2.52 bits per heavy atom. The first-order chi connectivity index (χ1) is 15.9. The molecule has 2 aromatic carbocycles. The number of ether oxygens (including phenoxy) is 1. The van der Waals surface area contributed by atoms with Gasteiger partial charge in [-0.25, -0.2) is 9.78 Å². The third kappa shape index (κ3) is 5.04. The van der Waals surface area contributed by atoms with Gasteiger partial charge in [-0.2, -0.15) is 0 Å². The molecule has 0 amide bonds. The molecule has 7 nitrogen and oxygen atoms in total. The predicted octanol–water partition coefficient (Wildman–Crippen LogP) is 4.31. The van der Waals surface area contributed by atoms with Gasteiger partial charge in [0.1, 0.15) is 18.3 Å². The predicted molar refractivity (Wildman–Crippen MR) is 127 cm³/mol. The lowest BCUT2D eigenvalue weighted by atomic mass is 10.0. The average molecular weight is 446 g/mol. The highest BCUT2D eigenvalue weighted by Crippen LogP contribution is 2.28. The van der Waals surface area contributed by atoms with Crippen molar-refractivity contribution in [3.63, 3.8) is 0 Å². The number of hydrogen-bond acceptors (Lipinski definition) is 5. The summed E-state index contributed by atoms with van der Waals surface area (Å²) < 4.78 is 5.51. The molecule has 0 bridgehead atoms. The number of fused-ring (bicyclic) bond motifs is 3. The van der Waals surface area contributed by atoms with Gasteiger partial charge < -0.3 is 20.1 Å². The molecular weight excluding hydrogens is 418 g/mol. The lowest BCUT2D eigenvalue weighted by Gasteiger charge is -2.17. The minimum absolute atomic E-state index is 0.0529. The van der Waals surface area contributed by atoms with E-state index in [9.17, 15) is 14.7 Å². The SMILES string of the molecule is CC(C)[C@@H](NCCc1nc(C(=O)OCc2ccccc2)cc2c1[nH]c1ccccc12)C(=O)O. The largest absolute Gasteiger partial charge is 0.480 e. The van der Waals surface area contributed by atoms with E-state index in [-0.39, 0.29) is 18.2 Å². The number of nitrogens with one attached hydrogen (secondary N) is 2. The number of carbonyl (C=O) groups is 2. The van der Waals surface area contributed by atoms with Crippen LogP contribution in [0, 0.1) is 5.92 Å². The number of carboxylic acid groups (broad SMARTS) is 1. The van der Waals surface area contributed by atoms with Crippen molar-refractivity contribution in [2.45, 2.75) is 32.9 Å². The van der Waals surface area contributed by atoms with E-state index in [1.54, 1.807) is 6.07 Å². The van der Waals surface area contributed by atoms with E-state index in [4.69, 9.17) is 4.74 Å². The molecule has 0 aliphatic rings. The molecule has 0 fully saturated rings. The number of benzene rings is 2. The lowest BCUT2D eigenvalue weighted by molar-refractivity contribution is -0.140. The quantitative estimate of drug-likeness (QED) is 0.332. The Kier molecular flexibility index (Phi) is 6.70. The topological polar surface area (TPSA) is 104 Å². The fourth-order valence-corrected chi connectivity index (χ4v) is 3.95. The monoisotopic (exact) mass is 445 g/mol. The second-order valence-corrected chi connectivity index (χ2v) is 8.37. The number of pyridine rings is 1. The Bertz CT molecular complexity index is 1280. The number of H-pyrrole nitrogens is 1. The highest BCUT2D eigenvalue weighted by atomic mass is 16.5. The Balaban J connectivity index is 1.62. The molecule has 4 aromatic rings. The Hall–Kier alpha value is -3.71. The van der Waals surface area contributed by atoms with Crippen LogP contribution in [0.3, 0.4) is 0 Å². The van der Waals surface area contributed by atoms with Crippen molar-refractivity contribution in [2.24, 2.45) is 5.92 Å². The van der Waals surface area contributed by atoms with Gasteiger partial charge >= 0.3 is 11.9 Å². The van der Waals surface area contributed by atoms with Crippen LogP contribution >= 0.6 is 0 Å². The Labute approximate surface area is 191 Å². The molecule has 33 heavy (non-hydrogen) atoms. The Morgan fingerprint density at radius 2 is 1.79 bits per heavy atom. The number of esters is 1. The van der Waals surface area contributed by atoms with E-state index in [0.29, 0.717) is 18.7 Å². The van der Waals surface area contributed by atoms with E-state index in [0.717, 1.165) is 27.4 Å². The van der Waals surface area contributed by atoms with Crippen molar-refractivity contribution in [1.29, 1.82) is 0 Å². The van der Waals surface area contributed by atoms with Gasteiger partial charge in [0, 0.05) is 29.3 Å². The molecule has 0 aliphatic carbocycles. The van der Waals surface area contributed by atoms with Crippen molar-refractivity contribution in [3.8, 4) is 0 Å². The normalized spacial score (nSPS) is 12.3. The molecule has 0 aliphatic heterocycles. The van der Waals surface area contributed by atoms with Crippen LogP contribution in [0.25, 0.3) is 21.8 Å². The minimum Gasteiger partial charge on any atom is -0.480 e. The number of carboxylic acids is 1. The maximum Gasteiger partial charge on any atom is 0.357 e. The van der Waals surface area contributed by atoms with Gasteiger partial charge in [0.25, 0.3) is 0 Å². The number of hydrogen-bond donors (Lipinski definition) is 3. The van der Waals surface area contributed by atoms with Crippen LogP contribution in [0.1, 0.15) is 35.6 Å². The van der Waals surface area contributed by atoms with Gasteiger partial charge in [-0.1, -0.05) is 62.4 Å². The molecule has 3 N–H and O–H groups in total. The zero-order valence-electron chi connectivity index (χ0n) is 18.7. The van der Waals surface area contributed by atoms with Crippen LogP contribution in [0.4, 0.5) is 0 Å². The summed E-state index contributed by atoms with van der Waals surface area (Å²) in [5.41, 5.74) is 3.61. The van der Waals surface area contributed by atoms with Crippen LogP contribution in [0.5, 0.6) is 0 Å². The molecule has 0 radical (unpaired) electrons. The number of aromatic amines is 1. The van der Waals surface area contributed by atoms with Gasteiger partial charge in [0.15, 0.2) is 0 Å². The minimum atomic E-state index is -0.882. The molecule has 170 valence electrons. The van der Waals surface area contributed by atoms with E-state index in [2.05, 4.69) is 15.3 Å². The number of aliphatic carboxylic acids is 1. The zero-order chi connectivity index (χ0) is 23.4. The molecule has 0 unspecified atom stereocenters. The van der Waals surface area contributed by atoms with Gasteiger partial charge in [0.2, 0.25) is 0 Å². The number of nitrogens with zero attached hydrogens (tertiary/aromatic N) is 1. The highest BCUT2D eigenvalue weighted by Gasteiger charge is 2.21. The first-order valence-electron chi connectivity index (χ1n) is 11.0. The molecule has 4 rings (SSSR count). The fourth-order valence-electron chi connectivity index (χ4n) is 3.95. The molecular formula is C26H27N3O4. The smallest absolute Gasteiger partial charge is 0.357 e. The summed E-state index contributed by atoms with van der Waals surface area (Å²) in [6, 6.07) is 18.5. The maximum atomic E-state index is 12.8. The molecule has 0 spiro atoms. The molecule has 1 atom stereocenters. The van der Waals surface area contributed by atoms with Gasteiger partial charge in [-0.05, 0) is 23.6 Å². The van der Waals surface area contributed by atoms with E-state index < -0.39 is 18.0 Å². The molecule has 0 saturated carbocycles. The average Bonchev–Trinajstić information content (AvgIpc) is 3.19. The number of rotatable bonds is 9. The van der Waals surface area contributed by atoms with Crippen LogP contribution in [0.2, 0.25) is 0 Å². The second-order valence-electron chi connectivity index (χ2n) is 8.37. The van der Waals surface area contributed by atoms with Crippen LogP contribution in [0.15, 0.2) is 60.7 Å². The van der Waals surface area contributed by atoms with E-state index in [1.165, 1.54) is 0 Å². The first-order valence-corrected chi connectivity index (χ1v) is 11.0. The first kappa shape index (κ1) is 22.5. The zero-order valence-corrected chi connectivity index (χ0v) is 18.7. The van der Waals surface area contributed by atoms with Crippen molar-refractivity contribution in [3.05, 3.63) is 77.6 Å². The summed E-state index contributed by atoms with van der Waals surface area (Å²) in [4.78, 5) is 32.3. The van der Waals surface area contributed by atoms with Gasteiger partial charge in [-0.15, -0.1) is 0 Å². The number of aromatic nitrogens is 2. The van der Waals surface area contributed by atoms with Crippen molar-refractivity contribution in [1.82, 2.24) is 15.3 Å². The maximum absolute atomic E-state index is 12.8. The molecule has 2 heterocycles. The molecule has 2 aromatic heterocycles. The van der Waals surface area contributed by atoms with Crippen LogP contribution < -0.4 is 5.32 Å². The molecule has 7 heteroatoms. The summed E-state index contributed by atoms with van der Waals surface area (Å²) >= 11 is 0. The lowest BCUT2D eigenvalue weighted by Crippen LogP contribution is -2.41.